The number of carbonyl (C=O) groups is 3. The predicted octanol–water partition coefficient (Wildman–Crippen LogP) is 0.739. The van der Waals surface area contributed by atoms with Gasteiger partial charge in [-0.3, -0.25) is 14.4 Å². The van der Waals surface area contributed by atoms with Crippen LogP contribution in [0, 0.1) is 17.8 Å². The second-order valence-electron chi connectivity index (χ2n) is 8.68. The molecule has 158 valence electrons. The maximum absolute atomic E-state index is 13.6. The third-order valence-electron chi connectivity index (χ3n) is 6.27. The van der Waals surface area contributed by atoms with E-state index in [2.05, 4.69) is 26.6 Å². The molecule has 0 aliphatic carbocycles. The number of halogens is 1. The summed E-state index contributed by atoms with van der Waals surface area (Å²) in [6.07, 6.45) is 0.648. The topological polar surface area (TPSA) is 98.7 Å². The molecule has 1 spiro atoms. The Labute approximate surface area is 178 Å². The molecule has 3 rings (SSSR count). The maximum atomic E-state index is 13.6. The number of amides is 3. The molecule has 3 heterocycles. The van der Waals surface area contributed by atoms with E-state index in [1.54, 1.807) is 23.7 Å². The fourth-order valence-corrected chi connectivity index (χ4v) is 8.77. The highest BCUT2D eigenvalue weighted by atomic mass is 79.9. The number of fused-ring (bicyclic) bond motifs is 1. The summed E-state index contributed by atoms with van der Waals surface area (Å²) in [6.45, 7) is 7.44. The molecule has 3 fully saturated rings. The first-order valence-electron chi connectivity index (χ1n) is 9.87. The zero-order valence-corrected chi connectivity index (χ0v) is 19.3. The number of rotatable bonds is 6. The zero-order chi connectivity index (χ0) is 21.0. The van der Waals surface area contributed by atoms with Crippen LogP contribution in [0.15, 0.2) is 0 Å². The van der Waals surface area contributed by atoms with Crippen LogP contribution in [-0.4, -0.2) is 74.3 Å². The SMILES string of the molecule is CNC(=O)[C@H]1[C@H]2C(=O)N([C@@H](CO)C(C)C)C(C(=O)NC(C)C)C23CC(Br)[C@@H]1S3. The highest BCUT2D eigenvalue weighted by Gasteiger charge is 2.76. The number of thioether (sulfide) groups is 1. The van der Waals surface area contributed by atoms with Gasteiger partial charge in [0.15, 0.2) is 0 Å². The minimum absolute atomic E-state index is 0.0149. The molecule has 3 aliphatic rings. The van der Waals surface area contributed by atoms with Crippen LogP contribution >= 0.6 is 27.7 Å². The van der Waals surface area contributed by atoms with Gasteiger partial charge in [-0.2, -0.15) is 0 Å². The van der Waals surface area contributed by atoms with Gasteiger partial charge in [-0.25, -0.2) is 0 Å². The molecule has 3 amide bonds. The Balaban J connectivity index is 2.12. The molecule has 0 saturated carbocycles. The lowest BCUT2D eigenvalue weighted by Crippen LogP contribution is -2.58. The monoisotopic (exact) mass is 475 g/mol. The van der Waals surface area contributed by atoms with Gasteiger partial charge in [-0.15, -0.1) is 11.8 Å². The van der Waals surface area contributed by atoms with Crippen LogP contribution in [0.1, 0.15) is 34.1 Å². The van der Waals surface area contributed by atoms with E-state index < -0.39 is 28.7 Å². The van der Waals surface area contributed by atoms with Gasteiger partial charge in [0.05, 0.1) is 29.2 Å². The summed E-state index contributed by atoms with van der Waals surface area (Å²) >= 11 is 5.31. The summed E-state index contributed by atoms with van der Waals surface area (Å²) in [4.78, 5) is 41.3. The minimum atomic E-state index is -0.698. The molecule has 0 radical (unpaired) electrons. The Bertz CT molecular complexity index is 676. The fraction of sp³-hybridized carbons (Fsp3) is 0.842. The fourth-order valence-electron chi connectivity index (χ4n) is 5.17. The normalized spacial score (nSPS) is 37.5. The Morgan fingerprint density at radius 1 is 1.32 bits per heavy atom. The molecule has 3 saturated heterocycles. The molecule has 3 aliphatic heterocycles. The van der Waals surface area contributed by atoms with Crippen molar-refractivity contribution in [2.24, 2.45) is 17.8 Å². The van der Waals surface area contributed by atoms with Gasteiger partial charge >= 0.3 is 0 Å². The third kappa shape index (κ3) is 3.08. The maximum Gasteiger partial charge on any atom is 0.244 e. The van der Waals surface area contributed by atoms with E-state index in [0.717, 1.165) is 0 Å². The first-order chi connectivity index (χ1) is 13.1. The molecular weight excluding hydrogens is 446 g/mol. The number of carbonyl (C=O) groups excluding carboxylic acids is 3. The summed E-state index contributed by atoms with van der Waals surface area (Å²) < 4.78 is -0.658. The second kappa shape index (κ2) is 7.80. The van der Waals surface area contributed by atoms with E-state index in [1.165, 1.54) is 0 Å². The van der Waals surface area contributed by atoms with Crippen LogP contribution in [0.4, 0.5) is 0 Å². The molecule has 0 aromatic heterocycles. The van der Waals surface area contributed by atoms with E-state index in [0.29, 0.717) is 6.42 Å². The Kier molecular flexibility index (Phi) is 6.10. The van der Waals surface area contributed by atoms with Crippen molar-refractivity contribution in [3.63, 3.8) is 0 Å². The van der Waals surface area contributed by atoms with E-state index >= 15 is 0 Å². The molecule has 3 N–H and O–H groups in total. The van der Waals surface area contributed by atoms with Crippen molar-refractivity contribution in [1.29, 1.82) is 0 Å². The molecule has 0 aromatic rings. The highest BCUT2D eigenvalue weighted by Crippen LogP contribution is 2.68. The van der Waals surface area contributed by atoms with Crippen LogP contribution in [0.25, 0.3) is 0 Å². The molecule has 3 unspecified atom stereocenters. The lowest BCUT2D eigenvalue weighted by Gasteiger charge is -2.39. The van der Waals surface area contributed by atoms with E-state index in [1.807, 2.05) is 27.7 Å². The van der Waals surface area contributed by atoms with E-state index in [9.17, 15) is 19.5 Å². The molecule has 28 heavy (non-hydrogen) atoms. The Morgan fingerprint density at radius 2 is 1.96 bits per heavy atom. The predicted molar refractivity (Wildman–Crippen MR) is 112 cm³/mol. The van der Waals surface area contributed by atoms with Crippen LogP contribution in [0.5, 0.6) is 0 Å². The van der Waals surface area contributed by atoms with E-state index in [4.69, 9.17) is 0 Å². The number of nitrogens with zero attached hydrogens (tertiary/aromatic N) is 1. The third-order valence-corrected chi connectivity index (χ3v) is 9.49. The van der Waals surface area contributed by atoms with Crippen LogP contribution in [0.2, 0.25) is 0 Å². The number of hydrogen-bond acceptors (Lipinski definition) is 5. The Hall–Kier alpha value is -0.800. The smallest absolute Gasteiger partial charge is 0.244 e. The summed E-state index contributed by atoms with van der Waals surface area (Å²) in [7, 11) is 1.58. The second-order valence-corrected chi connectivity index (χ2v) is 11.4. The van der Waals surface area contributed by atoms with Crippen molar-refractivity contribution in [1.82, 2.24) is 15.5 Å². The highest BCUT2D eigenvalue weighted by molar-refractivity contribution is 9.09. The van der Waals surface area contributed by atoms with Crippen LogP contribution < -0.4 is 10.6 Å². The molecule has 9 heteroatoms. The van der Waals surface area contributed by atoms with Gasteiger partial charge < -0.3 is 20.6 Å². The van der Waals surface area contributed by atoms with Crippen molar-refractivity contribution in [3.05, 3.63) is 0 Å². The minimum Gasteiger partial charge on any atom is -0.394 e. The van der Waals surface area contributed by atoms with Crippen LogP contribution in [0.3, 0.4) is 0 Å². The average molecular weight is 476 g/mol. The Morgan fingerprint density at radius 3 is 2.46 bits per heavy atom. The molecule has 7 nitrogen and oxygen atoms in total. The van der Waals surface area contributed by atoms with E-state index in [-0.39, 0.29) is 46.4 Å². The van der Waals surface area contributed by atoms with Gasteiger partial charge in [-0.1, -0.05) is 29.8 Å². The molecular formula is C19H30BrN3O4S. The van der Waals surface area contributed by atoms with Gasteiger partial charge in [0.2, 0.25) is 17.7 Å². The molecule has 0 aromatic carbocycles. The van der Waals surface area contributed by atoms with Crippen molar-refractivity contribution in [2.75, 3.05) is 13.7 Å². The van der Waals surface area contributed by atoms with Crippen LogP contribution in [-0.2, 0) is 14.4 Å². The molecule has 7 atom stereocenters. The van der Waals surface area contributed by atoms with Crippen molar-refractivity contribution < 1.29 is 19.5 Å². The number of aliphatic hydroxyl groups is 1. The van der Waals surface area contributed by atoms with Crippen molar-refractivity contribution in [2.45, 2.75) is 67.1 Å². The van der Waals surface area contributed by atoms with Gasteiger partial charge in [0.1, 0.15) is 6.04 Å². The number of alkyl halides is 1. The zero-order valence-electron chi connectivity index (χ0n) is 16.9. The summed E-state index contributed by atoms with van der Waals surface area (Å²) in [5.74, 6) is -1.58. The number of hydrogen-bond donors (Lipinski definition) is 3. The number of likely N-dealkylation sites (tertiary alicyclic amines) is 1. The van der Waals surface area contributed by atoms with Crippen molar-refractivity contribution >= 4 is 45.4 Å². The number of aliphatic hydroxyl groups excluding tert-OH is 1. The quantitative estimate of drug-likeness (QED) is 0.492. The lowest BCUT2D eigenvalue weighted by atomic mass is 9.70. The number of nitrogens with one attached hydrogen (secondary N) is 2. The molecule has 2 bridgehead atoms. The summed E-state index contributed by atoms with van der Waals surface area (Å²) in [5.41, 5.74) is 0. The first kappa shape index (κ1) is 21.9. The van der Waals surface area contributed by atoms with Gasteiger partial charge in [-0.05, 0) is 26.2 Å². The van der Waals surface area contributed by atoms with Gasteiger partial charge in [0.25, 0.3) is 0 Å². The largest absolute Gasteiger partial charge is 0.394 e. The van der Waals surface area contributed by atoms with Gasteiger partial charge in [0, 0.05) is 23.2 Å². The summed E-state index contributed by atoms with van der Waals surface area (Å²) in [5, 5.41) is 15.7. The first-order valence-corrected chi connectivity index (χ1v) is 11.7. The van der Waals surface area contributed by atoms with Crippen molar-refractivity contribution in [3.8, 4) is 0 Å². The average Bonchev–Trinajstić information content (AvgIpc) is 3.18. The standard InChI is InChI=1S/C19H30BrN3O4S/c1-8(2)11(7-24)23-15(17(26)22-9(3)4)19-6-10(20)14(28-19)12(16(25)21-5)13(19)18(23)27/h8-15,24H,6-7H2,1-5H3,(H,21,25)(H,22,26)/t10?,11-,12-,13-,14-,15?,19?/m0/s1. The lowest BCUT2D eigenvalue weighted by molar-refractivity contribution is -0.143. The summed E-state index contributed by atoms with van der Waals surface area (Å²) in [6, 6.07) is -1.23.